The van der Waals surface area contributed by atoms with Gasteiger partial charge in [0, 0.05) is 12.6 Å². The summed E-state index contributed by atoms with van der Waals surface area (Å²) in [6, 6.07) is 8.31. The second-order valence-electron chi connectivity index (χ2n) is 6.93. The Balaban J connectivity index is 1.55. The van der Waals surface area contributed by atoms with Gasteiger partial charge in [0.25, 0.3) is 0 Å². The molecule has 3 atom stereocenters. The van der Waals surface area contributed by atoms with Gasteiger partial charge in [-0.3, -0.25) is 0 Å². The Kier molecular flexibility index (Phi) is 5.51. The summed E-state index contributed by atoms with van der Waals surface area (Å²) in [6.07, 6.45) is 5.41. The number of aromatic nitrogens is 2. The first-order chi connectivity index (χ1) is 11.6. The van der Waals surface area contributed by atoms with Gasteiger partial charge in [0.2, 0.25) is 11.8 Å². The maximum absolute atomic E-state index is 6.12. The Morgan fingerprint density at radius 2 is 2.21 bits per heavy atom. The van der Waals surface area contributed by atoms with Crippen LogP contribution in [0.2, 0.25) is 0 Å². The largest absolute Gasteiger partial charge is 0.423 e. The van der Waals surface area contributed by atoms with Crippen LogP contribution in [0.1, 0.15) is 62.9 Å². The zero-order valence-electron chi connectivity index (χ0n) is 14.8. The maximum Gasteiger partial charge on any atom is 0.238 e. The summed E-state index contributed by atoms with van der Waals surface area (Å²) in [4.78, 5) is 0. The van der Waals surface area contributed by atoms with Gasteiger partial charge >= 0.3 is 0 Å². The number of hydrogen-bond acceptors (Lipinski definition) is 5. The maximum atomic E-state index is 6.12. The molecule has 1 N–H and O–H groups in total. The Morgan fingerprint density at radius 1 is 1.33 bits per heavy atom. The van der Waals surface area contributed by atoms with E-state index in [1.54, 1.807) is 6.92 Å². The van der Waals surface area contributed by atoms with Gasteiger partial charge in [-0.25, -0.2) is 0 Å². The molecule has 0 amide bonds. The van der Waals surface area contributed by atoms with Crippen molar-refractivity contribution < 1.29 is 9.15 Å². The van der Waals surface area contributed by atoms with Crippen molar-refractivity contribution in [2.45, 2.75) is 65.2 Å². The first-order valence-electron chi connectivity index (χ1n) is 8.87. The van der Waals surface area contributed by atoms with Gasteiger partial charge in [0.05, 0.1) is 12.7 Å². The van der Waals surface area contributed by atoms with E-state index < -0.39 is 0 Å². The van der Waals surface area contributed by atoms with Crippen molar-refractivity contribution in [3.8, 4) is 0 Å². The number of nitrogens with zero attached hydrogens (tertiary/aromatic N) is 2. The fraction of sp³-hybridized carbons (Fsp3) is 0.579. The molecule has 130 valence electrons. The molecule has 0 aliphatic heterocycles. The first kappa shape index (κ1) is 17.0. The molecule has 1 aliphatic rings. The molecule has 0 radical (unpaired) electrons. The van der Waals surface area contributed by atoms with Crippen LogP contribution in [0.5, 0.6) is 0 Å². The van der Waals surface area contributed by atoms with Gasteiger partial charge in [-0.2, -0.15) is 0 Å². The SMILES string of the molecule is Cc1nnc(C(C)Nc2cccc(COC3CCCC(C)C3)c2)o1. The van der Waals surface area contributed by atoms with Gasteiger partial charge in [-0.05, 0) is 43.4 Å². The van der Waals surface area contributed by atoms with Crippen LogP contribution < -0.4 is 5.32 Å². The van der Waals surface area contributed by atoms with Crippen LogP contribution in [0.3, 0.4) is 0 Å². The predicted octanol–water partition coefficient (Wildman–Crippen LogP) is 4.65. The van der Waals surface area contributed by atoms with Crippen LogP contribution in [-0.4, -0.2) is 16.3 Å². The van der Waals surface area contributed by atoms with E-state index in [4.69, 9.17) is 9.15 Å². The van der Waals surface area contributed by atoms with Crippen molar-refractivity contribution in [2.75, 3.05) is 5.32 Å². The van der Waals surface area contributed by atoms with Gasteiger partial charge < -0.3 is 14.5 Å². The van der Waals surface area contributed by atoms with Crippen LogP contribution in [0.4, 0.5) is 5.69 Å². The third-order valence-electron chi connectivity index (χ3n) is 4.60. The van der Waals surface area contributed by atoms with Crippen molar-refractivity contribution in [1.29, 1.82) is 0 Å². The Morgan fingerprint density at radius 3 is 2.96 bits per heavy atom. The fourth-order valence-electron chi connectivity index (χ4n) is 3.29. The van der Waals surface area contributed by atoms with Gasteiger partial charge in [0.1, 0.15) is 6.04 Å². The monoisotopic (exact) mass is 329 g/mol. The Hall–Kier alpha value is -1.88. The zero-order valence-corrected chi connectivity index (χ0v) is 14.8. The molecule has 0 saturated heterocycles. The Bertz CT molecular complexity index is 656. The van der Waals surface area contributed by atoms with Crippen LogP contribution in [0.15, 0.2) is 28.7 Å². The minimum atomic E-state index is -0.0263. The van der Waals surface area contributed by atoms with E-state index in [2.05, 4.69) is 40.6 Å². The third-order valence-corrected chi connectivity index (χ3v) is 4.60. The molecule has 0 bridgehead atoms. The molecule has 5 heteroatoms. The normalized spacial score (nSPS) is 22.3. The zero-order chi connectivity index (χ0) is 16.9. The molecule has 24 heavy (non-hydrogen) atoms. The molecule has 3 rings (SSSR count). The topological polar surface area (TPSA) is 60.2 Å². The number of hydrogen-bond donors (Lipinski definition) is 1. The molecule has 0 spiro atoms. The van der Waals surface area contributed by atoms with E-state index >= 15 is 0 Å². The average Bonchev–Trinajstić information content (AvgIpc) is 3.00. The second-order valence-corrected chi connectivity index (χ2v) is 6.93. The van der Waals surface area contributed by atoms with Gasteiger partial charge in [-0.15, -0.1) is 10.2 Å². The number of benzene rings is 1. The van der Waals surface area contributed by atoms with E-state index in [-0.39, 0.29) is 6.04 Å². The lowest BCUT2D eigenvalue weighted by Gasteiger charge is -2.26. The summed E-state index contributed by atoms with van der Waals surface area (Å²) < 4.78 is 11.6. The molecule has 1 aromatic heterocycles. The smallest absolute Gasteiger partial charge is 0.238 e. The fourth-order valence-corrected chi connectivity index (χ4v) is 3.29. The standard InChI is InChI=1S/C19H27N3O2/c1-13-6-4-9-18(10-13)23-12-16-7-5-8-17(11-16)20-14(2)19-22-21-15(3)24-19/h5,7-8,11,13-14,18,20H,4,6,9-10,12H2,1-3H3. The molecule has 1 fully saturated rings. The summed E-state index contributed by atoms with van der Waals surface area (Å²) in [6.45, 7) is 6.80. The van der Waals surface area contributed by atoms with E-state index in [9.17, 15) is 0 Å². The summed E-state index contributed by atoms with van der Waals surface area (Å²) in [5, 5.41) is 11.3. The molecule has 1 saturated carbocycles. The van der Waals surface area contributed by atoms with E-state index in [0.29, 0.717) is 24.5 Å². The Labute approximate surface area is 143 Å². The van der Waals surface area contributed by atoms with Crippen LogP contribution in [0, 0.1) is 12.8 Å². The molecule has 1 aromatic carbocycles. The van der Waals surface area contributed by atoms with Gasteiger partial charge in [0.15, 0.2) is 0 Å². The summed E-state index contributed by atoms with van der Waals surface area (Å²) in [5.74, 6) is 1.98. The lowest BCUT2D eigenvalue weighted by molar-refractivity contribution is 0.00468. The predicted molar refractivity (Wildman–Crippen MR) is 93.7 cm³/mol. The molecule has 1 heterocycles. The van der Waals surface area contributed by atoms with Crippen LogP contribution in [0.25, 0.3) is 0 Å². The number of nitrogens with one attached hydrogen (secondary N) is 1. The van der Waals surface area contributed by atoms with E-state index in [1.165, 1.54) is 31.2 Å². The quantitative estimate of drug-likeness (QED) is 0.836. The molecule has 5 nitrogen and oxygen atoms in total. The summed E-state index contributed by atoms with van der Waals surface area (Å²) >= 11 is 0. The summed E-state index contributed by atoms with van der Waals surface area (Å²) in [5.41, 5.74) is 2.23. The van der Waals surface area contributed by atoms with Crippen molar-refractivity contribution in [2.24, 2.45) is 5.92 Å². The van der Waals surface area contributed by atoms with Crippen LogP contribution in [-0.2, 0) is 11.3 Å². The molecule has 3 unspecified atom stereocenters. The minimum Gasteiger partial charge on any atom is -0.423 e. The first-order valence-corrected chi connectivity index (χ1v) is 8.87. The van der Waals surface area contributed by atoms with E-state index in [0.717, 1.165) is 11.6 Å². The van der Waals surface area contributed by atoms with Gasteiger partial charge in [-0.1, -0.05) is 31.9 Å². The highest BCUT2D eigenvalue weighted by atomic mass is 16.5. The number of aryl methyl sites for hydroxylation is 1. The number of rotatable bonds is 6. The lowest BCUT2D eigenvalue weighted by Crippen LogP contribution is -2.21. The van der Waals surface area contributed by atoms with Crippen molar-refractivity contribution >= 4 is 5.69 Å². The lowest BCUT2D eigenvalue weighted by atomic mass is 9.89. The van der Waals surface area contributed by atoms with Crippen molar-refractivity contribution in [3.63, 3.8) is 0 Å². The molecule has 1 aliphatic carbocycles. The third kappa shape index (κ3) is 4.57. The minimum absolute atomic E-state index is 0.0263. The molecular formula is C19H27N3O2. The molecular weight excluding hydrogens is 302 g/mol. The number of anilines is 1. The highest BCUT2D eigenvalue weighted by Crippen LogP contribution is 2.27. The van der Waals surface area contributed by atoms with Crippen LogP contribution >= 0.6 is 0 Å². The molecule has 2 aromatic rings. The highest BCUT2D eigenvalue weighted by Gasteiger charge is 2.19. The summed E-state index contributed by atoms with van der Waals surface area (Å²) in [7, 11) is 0. The van der Waals surface area contributed by atoms with E-state index in [1.807, 2.05) is 13.0 Å². The highest BCUT2D eigenvalue weighted by molar-refractivity contribution is 5.46. The van der Waals surface area contributed by atoms with Crippen molar-refractivity contribution in [1.82, 2.24) is 10.2 Å². The second kappa shape index (κ2) is 7.79. The van der Waals surface area contributed by atoms with Crippen molar-refractivity contribution in [3.05, 3.63) is 41.6 Å². The number of ether oxygens (including phenoxy) is 1. The average molecular weight is 329 g/mol.